The minimum atomic E-state index is -0.143. The molecule has 0 radical (unpaired) electrons. The molecule has 0 spiro atoms. The molecule has 1 aliphatic rings. The average Bonchev–Trinajstić information content (AvgIpc) is 2.06. The van der Waals surface area contributed by atoms with E-state index in [2.05, 4.69) is 19.1 Å². The molecular weight excluding hydrogens is 148 g/mol. The maximum absolute atomic E-state index is 9.33. The quantitative estimate of drug-likeness (QED) is 0.642. The Hall–Kier alpha value is -0.300. The van der Waals surface area contributed by atoms with Crippen LogP contribution in [0.2, 0.25) is 0 Å². The van der Waals surface area contributed by atoms with Gasteiger partial charge in [-0.05, 0) is 44.4 Å². The lowest BCUT2D eigenvalue weighted by Crippen LogP contribution is -2.17. The number of aliphatic hydroxyl groups is 1. The van der Waals surface area contributed by atoms with Gasteiger partial charge in [-0.3, -0.25) is 0 Å². The summed E-state index contributed by atoms with van der Waals surface area (Å²) in [6, 6.07) is 0. The number of hydrogen-bond donors (Lipinski definition) is 1. The van der Waals surface area contributed by atoms with E-state index in [0.29, 0.717) is 5.92 Å². The van der Waals surface area contributed by atoms with Crippen molar-refractivity contribution in [1.29, 1.82) is 0 Å². The molecule has 0 amide bonds. The molecule has 3 atom stereocenters. The molecule has 12 heavy (non-hydrogen) atoms. The second kappa shape index (κ2) is 4.66. The molecule has 0 heterocycles. The maximum atomic E-state index is 9.33. The zero-order valence-electron chi connectivity index (χ0n) is 8.16. The fraction of sp³-hybridized carbons (Fsp3) is 0.818. The molecule has 1 N–H and O–H groups in total. The lowest BCUT2D eigenvalue weighted by Gasteiger charge is -2.23. The predicted molar refractivity (Wildman–Crippen MR) is 51.9 cm³/mol. The summed E-state index contributed by atoms with van der Waals surface area (Å²) in [5.74, 6) is 1.28. The van der Waals surface area contributed by atoms with Gasteiger partial charge in [-0.25, -0.2) is 0 Å². The highest BCUT2D eigenvalue weighted by molar-refractivity contribution is 4.90. The molecule has 3 unspecified atom stereocenters. The standard InChI is InChI=1S/C11H20O/c1-9(10(2)12)8-11-6-4-3-5-7-11/h3-4,9-12H,5-8H2,1-2H3. The highest BCUT2D eigenvalue weighted by Crippen LogP contribution is 2.26. The van der Waals surface area contributed by atoms with Crippen LogP contribution in [0.3, 0.4) is 0 Å². The number of allylic oxidation sites excluding steroid dienone is 2. The van der Waals surface area contributed by atoms with Gasteiger partial charge in [-0.1, -0.05) is 19.1 Å². The largest absolute Gasteiger partial charge is 0.393 e. The van der Waals surface area contributed by atoms with Crippen LogP contribution in [-0.4, -0.2) is 11.2 Å². The van der Waals surface area contributed by atoms with Crippen molar-refractivity contribution in [3.8, 4) is 0 Å². The molecule has 1 rings (SSSR count). The normalized spacial score (nSPS) is 28.4. The van der Waals surface area contributed by atoms with Gasteiger partial charge in [-0.15, -0.1) is 0 Å². The molecule has 0 aromatic rings. The van der Waals surface area contributed by atoms with Gasteiger partial charge < -0.3 is 5.11 Å². The Balaban J connectivity index is 2.25. The lowest BCUT2D eigenvalue weighted by atomic mass is 9.85. The van der Waals surface area contributed by atoms with Gasteiger partial charge in [-0.2, -0.15) is 0 Å². The molecule has 70 valence electrons. The minimum absolute atomic E-state index is 0.143. The second-order valence-electron chi connectivity index (χ2n) is 4.10. The average molecular weight is 168 g/mol. The van der Waals surface area contributed by atoms with E-state index < -0.39 is 0 Å². The van der Waals surface area contributed by atoms with Gasteiger partial charge in [0.2, 0.25) is 0 Å². The van der Waals surface area contributed by atoms with E-state index in [1.165, 1.54) is 25.7 Å². The van der Waals surface area contributed by atoms with Gasteiger partial charge in [0.25, 0.3) is 0 Å². The molecule has 1 heteroatoms. The van der Waals surface area contributed by atoms with Crippen LogP contribution in [0.4, 0.5) is 0 Å². The van der Waals surface area contributed by atoms with E-state index in [-0.39, 0.29) is 6.10 Å². The Kier molecular flexibility index (Phi) is 3.80. The summed E-state index contributed by atoms with van der Waals surface area (Å²) in [6.07, 6.45) is 9.35. The fourth-order valence-corrected chi connectivity index (χ4v) is 1.79. The summed E-state index contributed by atoms with van der Waals surface area (Å²) in [4.78, 5) is 0. The fourth-order valence-electron chi connectivity index (χ4n) is 1.79. The smallest absolute Gasteiger partial charge is 0.0537 e. The van der Waals surface area contributed by atoms with Crippen molar-refractivity contribution in [2.24, 2.45) is 11.8 Å². The Morgan fingerprint density at radius 2 is 2.17 bits per heavy atom. The Morgan fingerprint density at radius 3 is 2.67 bits per heavy atom. The third-order valence-electron chi connectivity index (χ3n) is 2.91. The van der Waals surface area contributed by atoms with Crippen molar-refractivity contribution in [1.82, 2.24) is 0 Å². The van der Waals surface area contributed by atoms with Crippen molar-refractivity contribution in [2.45, 2.75) is 45.6 Å². The SMILES string of the molecule is CC(O)C(C)CC1CC=CCC1. The van der Waals surface area contributed by atoms with Crippen LogP contribution in [0.15, 0.2) is 12.2 Å². The van der Waals surface area contributed by atoms with E-state index in [1.807, 2.05) is 6.92 Å². The molecular formula is C11H20O. The van der Waals surface area contributed by atoms with E-state index in [4.69, 9.17) is 0 Å². The second-order valence-corrected chi connectivity index (χ2v) is 4.10. The Labute approximate surface area is 75.5 Å². The van der Waals surface area contributed by atoms with Crippen LogP contribution < -0.4 is 0 Å². The van der Waals surface area contributed by atoms with Crippen LogP contribution in [0, 0.1) is 11.8 Å². The third kappa shape index (κ3) is 2.98. The molecule has 0 saturated carbocycles. The first-order valence-electron chi connectivity index (χ1n) is 5.03. The van der Waals surface area contributed by atoms with Crippen molar-refractivity contribution in [3.63, 3.8) is 0 Å². The zero-order chi connectivity index (χ0) is 8.97. The first-order valence-corrected chi connectivity index (χ1v) is 5.03. The van der Waals surface area contributed by atoms with E-state index in [9.17, 15) is 5.11 Å². The van der Waals surface area contributed by atoms with E-state index >= 15 is 0 Å². The molecule has 0 fully saturated rings. The van der Waals surface area contributed by atoms with Gasteiger partial charge >= 0.3 is 0 Å². The lowest BCUT2D eigenvalue weighted by molar-refractivity contribution is 0.117. The molecule has 1 aliphatic carbocycles. The highest BCUT2D eigenvalue weighted by Gasteiger charge is 2.16. The van der Waals surface area contributed by atoms with Crippen LogP contribution in [-0.2, 0) is 0 Å². The molecule has 0 bridgehead atoms. The summed E-state index contributed by atoms with van der Waals surface area (Å²) < 4.78 is 0. The van der Waals surface area contributed by atoms with Crippen molar-refractivity contribution in [2.75, 3.05) is 0 Å². The molecule has 1 nitrogen and oxygen atoms in total. The topological polar surface area (TPSA) is 20.2 Å². The Morgan fingerprint density at radius 1 is 1.42 bits per heavy atom. The van der Waals surface area contributed by atoms with Crippen molar-refractivity contribution in [3.05, 3.63) is 12.2 Å². The minimum Gasteiger partial charge on any atom is -0.393 e. The molecule has 0 aliphatic heterocycles. The van der Waals surface area contributed by atoms with Crippen LogP contribution in [0.5, 0.6) is 0 Å². The monoisotopic (exact) mass is 168 g/mol. The van der Waals surface area contributed by atoms with Crippen molar-refractivity contribution < 1.29 is 5.11 Å². The van der Waals surface area contributed by atoms with Crippen LogP contribution >= 0.6 is 0 Å². The maximum Gasteiger partial charge on any atom is 0.0537 e. The van der Waals surface area contributed by atoms with Crippen LogP contribution in [0.25, 0.3) is 0 Å². The van der Waals surface area contributed by atoms with E-state index in [1.54, 1.807) is 0 Å². The molecule has 0 saturated heterocycles. The first-order chi connectivity index (χ1) is 5.70. The van der Waals surface area contributed by atoms with Gasteiger partial charge in [0.15, 0.2) is 0 Å². The summed E-state index contributed by atoms with van der Waals surface area (Å²) >= 11 is 0. The first kappa shape index (κ1) is 9.79. The van der Waals surface area contributed by atoms with E-state index in [0.717, 1.165) is 5.92 Å². The van der Waals surface area contributed by atoms with Gasteiger partial charge in [0.05, 0.1) is 6.10 Å². The zero-order valence-corrected chi connectivity index (χ0v) is 8.16. The Bertz CT molecular complexity index is 149. The van der Waals surface area contributed by atoms with Gasteiger partial charge in [0, 0.05) is 0 Å². The third-order valence-corrected chi connectivity index (χ3v) is 2.91. The van der Waals surface area contributed by atoms with Crippen molar-refractivity contribution >= 4 is 0 Å². The summed E-state index contributed by atoms with van der Waals surface area (Å²) in [7, 11) is 0. The number of hydrogen-bond acceptors (Lipinski definition) is 1. The summed E-state index contributed by atoms with van der Waals surface area (Å²) in [5, 5.41) is 9.33. The summed E-state index contributed by atoms with van der Waals surface area (Å²) in [6.45, 7) is 4.03. The van der Waals surface area contributed by atoms with Gasteiger partial charge in [0.1, 0.15) is 0 Å². The van der Waals surface area contributed by atoms with Crippen LogP contribution in [0.1, 0.15) is 39.5 Å². The highest BCUT2D eigenvalue weighted by atomic mass is 16.3. The predicted octanol–water partition coefficient (Wildman–Crippen LogP) is 2.75. The number of aliphatic hydroxyl groups excluding tert-OH is 1. The molecule has 0 aromatic heterocycles. The molecule has 0 aromatic carbocycles. The number of rotatable bonds is 3. The summed E-state index contributed by atoms with van der Waals surface area (Å²) in [5.41, 5.74) is 0.